The molecule has 2 aromatic carbocycles. The van der Waals surface area contributed by atoms with Crippen LogP contribution in [0.25, 0.3) is 0 Å². The average Bonchev–Trinajstić information content (AvgIpc) is 2.47. The largest absolute Gasteiger partial charge is 0.392 e. The second-order valence-electron chi connectivity index (χ2n) is 4.64. The molecule has 21 heavy (non-hydrogen) atoms. The van der Waals surface area contributed by atoms with Crippen molar-refractivity contribution in [3.05, 3.63) is 65.5 Å². The van der Waals surface area contributed by atoms with Crippen LogP contribution < -0.4 is 10.6 Å². The third-order valence-electron chi connectivity index (χ3n) is 2.90. The molecule has 0 atom stereocenters. The summed E-state index contributed by atoms with van der Waals surface area (Å²) in [7, 11) is 0. The topological polar surface area (TPSA) is 61.4 Å². The first-order chi connectivity index (χ1) is 10.2. The molecule has 0 aliphatic heterocycles. The van der Waals surface area contributed by atoms with Crippen LogP contribution in [0.1, 0.15) is 11.1 Å². The van der Waals surface area contributed by atoms with E-state index in [1.54, 1.807) is 12.1 Å². The number of aliphatic hydroxyl groups excluding tert-OH is 1. The van der Waals surface area contributed by atoms with Crippen molar-refractivity contribution < 1.29 is 14.3 Å². The van der Waals surface area contributed by atoms with Crippen LogP contribution in [0.3, 0.4) is 0 Å². The van der Waals surface area contributed by atoms with E-state index in [0.717, 1.165) is 11.1 Å². The predicted octanol–water partition coefficient (Wildman–Crippen LogP) is 2.05. The number of carbonyl (C=O) groups excluding carboxylic acids is 1. The molecule has 0 bridgehead atoms. The van der Waals surface area contributed by atoms with E-state index in [4.69, 9.17) is 5.11 Å². The first-order valence-electron chi connectivity index (χ1n) is 6.62. The molecule has 0 heterocycles. The van der Waals surface area contributed by atoms with Crippen LogP contribution in [0.4, 0.5) is 10.1 Å². The Morgan fingerprint density at radius 3 is 2.62 bits per heavy atom. The molecule has 0 fully saturated rings. The molecule has 0 unspecified atom stereocenters. The standard InChI is InChI=1S/C16H17FN2O2/c17-14-5-2-6-15(8-14)19-16(21)10-18-9-12-3-1-4-13(7-12)11-20/h1-8,18,20H,9-11H2,(H,19,21). The molecule has 1 amide bonds. The molecule has 0 spiro atoms. The molecule has 3 N–H and O–H groups in total. The van der Waals surface area contributed by atoms with Crippen molar-refractivity contribution in [2.75, 3.05) is 11.9 Å². The van der Waals surface area contributed by atoms with E-state index in [2.05, 4.69) is 10.6 Å². The summed E-state index contributed by atoms with van der Waals surface area (Å²) in [6, 6.07) is 13.2. The highest BCUT2D eigenvalue weighted by Crippen LogP contribution is 2.08. The van der Waals surface area contributed by atoms with Crippen LogP contribution in [0.2, 0.25) is 0 Å². The van der Waals surface area contributed by atoms with Gasteiger partial charge in [-0.2, -0.15) is 0 Å². The third kappa shape index (κ3) is 4.98. The number of nitrogens with one attached hydrogen (secondary N) is 2. The van der Waals surface area contributed by atoms with Crippen molar-refractivity contribution in [3.63, 3.8) is 0 Å². The van der Waals surface area contributed by atoms with Crippen LogP contribution in [0.15, 0.2) is 48.5 Å². The van der Waals surface area contributed by atoms with Crippen LogP contribution in [-0.2, 0) is 17.9 Å². The molecule has 0 aliphatic rings. The smallest absolute Gasteiger partial charge is 0.238 e. The number of hydrogen-bond acceptors (Lipinski definition) is 3. The van der Waals surface area contributed by atoms with Crippen LogP contribution in [0.5, 0.6) is 0 Å². The van der Waals surface area contributed by atoms with Gasteiger partial charge in [0, 0.05) is 12.2 Å². The van der Waals surface area contributed by atoms with E-state index in [-0.39, 0.29) is 24.9 Å². The lowest BCUT2D eigenvalue weighted by atomic mass is 10.1. The number of halogens is 1. The van der Waals surface area contributed by atoms with Gasteiger partial charge in [0.2, 0.25) is 5.91 Å². The maximum absolute atomic E-state index is 13.0. The quantitative estimate of drug-likeness (QED) is 0.762. The molecule has 0 saturated heterocycles. The van der Waals surface area contributed by atoms with Gasteiger partial charge in [-0.3, -0.25) is 4.79 Å². The zero-order chi connectivity index (χ0) is 15.1. The molecule has 2 aromatic rings. The number of rotatable bonds is 6. The number of hydrogen-bond donors (Lipinski definition) is 3. The lowest BCUT2D eigenvalue weighted by Gasteiger charge is -2.07. The van der Waals surface area contributed by atoms with Gasteiger partial charge in [0.25, 0.3) is 0 Å². The Kier molecular flexibility index (Phi) is 5.43. The molecule has 110 valence electrons. The summed E-state index contributed by atoms with van der Waals surface area (Å²) >= 11 is 0. The second kappa shape index (κ2) is 7.52. The molecular formula is C16H17FN2O2. The first kappa shape index (κ1) is 15.2. The van der Waals surface area contributed by atoms with Gasteiger partial charge >= 0.3 is 0 Å². The normalized spacial score (nSPS) is 10.4. The number of carbonyl (C=O) groups is 1. The summed E-state index contributed by atoms with van der Waals surface area (Å²) in [5.74, 6) is -0.625. The second-order valence-corrected chi connectivity index (χ2v) is 4.64. The summed E-state index contributed by atoms with van der Waals surface area (Å²) in [5, 5.41) is 14.7. The van der Waals surface area contributed by atoms with Crippen molar-refractivity contribution in [2.45, 2.75) is 13.2 Å². The Balaban J connectivity index is 1.79. The highest BCUT2D eigenvalue weighted by atomic mass is 19.1. The summed E-state index contributed by atoms with van der Waals surface area (Å²) in [6.45, 7) is 0.637. The number of anilines is 1. The molecule has 2 rings (SSSR count). The predicted molar refractivity (Wildman–Crippen MR) is 79.1 cm³/mol. The fourth-order valence-corrected chi connectivity index (χ4v) is 1.93. The van der Waals surface area contributed by atoms with Crippen LogP contribution in [-0.4, -0.2) is 17.6 Å². The van der Waals surface area contributed by atoms with Crippen molar-refractivity contribution in [1.82, 2.24) is 5.32 Å². The number of aliphatic hydroxyl groups is 1. The molecule has 5 heteroatoms. The fourth-order valence-electron chi connectivity index (χ4n) is 1.93. The van der Waals surface area contributed by atoms with Gasteiger partial charge in [-0.25, -0.2) is 4.39 Å². The number of amides is 1. The van der Waals surface area contributed by atoms with Crippen molar-refractivity contribution >= 4 is 11.6 Å². The molecule has 0 radical (unpaired) electrons. The van der Waals surface area contributed by atoms with Gasteiger partial charge in [0.15, 0.2) is 0 Å². The summed E-state index contributed by atoms with van der Waals surface area (Å²) in [6.07, 6.45) is 0. The third-order valence-corrected chi connectivity index (χ3v) is 2.90. The zero-order valence-corrected chi connectivity index (χ0v) is 11.5. The van der Waals surface area contributed by atoms with E-state index in [9.17, 15) is 9.18 Å². The van der Waals surface area contributed by atoms with E-state index in [1.165, 1.54) is 12.1 Å². The SMILES string of the molecule is O=C(CNCc1cccc(CO)c1)Nc1cccc(F)c1. The first-order valence-corrected chi connectivity index (χ1v) is 6.62. The minimum absolute atomic E-state index is 0.00605. The minimum atomic E-state index is -0.387. The van der Waals surface area contributed by atoms with Gasteiger partial charge in [-0.1, -0.05) is 30.3 Å². The lowest BCUT2D eigenvalue weighted by Crippen LogP contribution is -2.27. The van der Waals surface area contributed by atoms with Crippen LogP contribution >= 0.6 is 0 Å². The molecule has 0 saturated carbocycles. The fraction of sp³-hybridized carbons (Fsp3) is 0.188. The van der Waals surface area contributed by atoms with Crippen LogP contribution in [0, 0.1) is 5.82 Å². The van der Waals surface area contributed by atoms with Gasteiger partial charge in [-0.15, -0.1) is 0 Å². The summed E-state index contributed by atoms with van der Waals surface area (Å²) in [5.41, 5.74) is 2.25. The highest BCUT2D eigenvalue weighted by Gasteiger charge is 2.03. The highest BCUT2D eigenvalue weighted by molar-refractivity contribution is 5.92. The van der Waals surface area contributed by atoms with Crippen molar-refractivity contribution in [1.29, 1.82) is 0 Å². The Hall–Kier alpha value is -2.24. The molecule has 0 aliphatic carbocycles. The minimum Gasteiger partial charge on any atom is -0.392 e. The molecule has 0 aromatic heterocycles. The van der Waals surface area contributed by atoms with E-state index < -0.39 is 0 Å². The monoisotopic (exact) mass is 288 g/mol. The molecule has 4 nitrogen and oxygen atoms in total. The summed E-state index contributed by atoms with van der Waals surface area (Å²) in [4.78, 5) is 11.7. The van der Waals surface area contributed by atoms with Gasteiger partial charge in [-0.05, 0) is 29.3 Å². The maximum Gasteiger partial charge on any atom is 0.238 e. The maximum atomic E-state index is 13.0. The van der Waals surface area contributed by atoms with E-state index in [0.29, 0.717) is 12.2 Å². The Labute approximate surface area is 122 Å². The van der Waals surface area contributed by atoms with Gasteiger partial charge < -0.3 is 15.7 Å². The van der Waals surface area contributed by atoms with Crippen molar-refractivity contribution in [2.24, 2.45) is 0 Å². The van der Waals surface area contributed by atoms with Crippen molar-refractivity contribution in [3.8, 4) is 0 Å². The molecular weight excluding hydrogens is 271 g/mol. The lowest BCUT2D eigenvalue weighted by molar-refractivity contribution is -0.115. The van der Waals surface area contributed by atoms with Gasteiger partial charge in [0.05, 0.1) is 13.2 Å². The van der Waals surface area contributed by atoms with E-state index >= 15 is 0 Å². The Morgan fingerprint density at radius 1 is 1.10 bits per heavy atom. The van der Waals surface area contributed by atoms with Gasteiger partial charge in [0.1, 0.15) is 5.82 Å². The Bertz CT molecular complexity index is 617. The van der Waals surface area contributed by atoms with E-state index in [1.807, 2.05) is 24.3 Å². The average molecular weight is 288 g/mol. The number of benzene rings is 2. The summed E-state index contributed by atoms with van der Waals surface area (Å²) < 4.78 is 13.0. The zero-order valence-electron chi connectivity index (χ0n) is 11.5. The Morgan fingerprint density at radius 2 is 1.86 bits per heavy atom.